The van der Waals surface area contributed by atoms with Gasteiger partial charge in [-0.15, -0.1) is 0 Å². The van der Waals surface area contributed by atoms with Crippen molar-refractivity contribution in [1.82, 2.24) is 24.1 Å². The first-order valence-corrected chi connectivity index (χ1v) is 9.07. The van der Waals surface area contributed by atoms with Crippen LogP contribution in [0.3, 0.4) is 0 Å². The SMILES string of the molecule is Cc1nn2c(nc(NC[C@@H](C)Cn3ccnc3C)c3ccccc32)c1Cl. The molecular formula is C19H21ClN6. The highest BCUT2D eigenvalue weighted by Gasteiger charge is 2.15. The van der Waals surface area contributed by atoms with Crippen molar-refractivity contribution in [3.8, 4) is 0 Å². The maximum atomic E-state index is 6.41. The Morgan fingerprint density at radius 3 is 2.81 bits per heavy atom. The van der Waals surface area contributed by atoms with Gasteiger partial charge < -0.3 is 9.88 Å². The molecule has 1 atom stereocenters. The Balaban J connectivity index is 1.65. The zero-order valence-corrected chi connectivity index (χ0v) is 15.8. The lowest BCUT2D eigenvalue weighted by Gasteiger charge is -2.16. The molecule has 0 saturated carbocycles. The smallest absolute Gasteiger partial charge is 0.176 e. The summed E-state index contributed by atoms with van der Waals surface area (Å²) >= 11 is 6.41. The summed E-state index contributed by atoms with van der Waals surface area (Å²) in [5.41, 5.74) is 2.46. The fourth-order valence-corrected chi connectivity index (χ4v) is 3.35. The van der Waals surface area contributed by atoms with E-state index >= 15 is 0 Å². The van der Waals surface area contributed by atoms with Gasteiger partial charge in [-0.1, -0.05) is 30.7 Å². The molecule has 0 saturated heterocycles. The molecule has 3 aromatic heterocycles. The predicted molar refractivity (Wildman–Crippen MR) is 105 cm³/mol. The number of rotatable bonds is 5. The van der Waals surface area contributed by atoms with Crippen LogP contribution in [0.5, 0.6) is 0 Å². The molecule has 0 radical (unpaired) electrons. The quantitative estimate of drug-likeness (QED) is 0.576. The fraction of sp³-hybridized carbons (Fsp3) is 0.316. The molecule has 0 spiro atoms. The maximum Gasteiger partial charge on any atom is 0.176 e. The zero-order valence-electron chi connectivity index (χ0n) is 15.1. The van der Waals surface area contributed by atoms with Gasteiger partial charge in [0.1, 0.15) is 16.7 Å². The highest BCUT2D eigenvalue weighted by molar-refractivity contribution is 6.34. The predicted octanol–water partition coefficient (Wildman–Crippen LogP) is 4.10. The van der Waals surface area contributed by atoms with Crippen LogP contribution in [-0.2, 0) is 6.54 Å². The monoisotopic (exact) mass is 368 g/mol. The van der Waals surface area contributed by atoms with Crippen molar-refractivity contribution in [3.05, 3.63) is 53.2 Å². The molecule has 0 aliphatic carbocycles. The molecular weight excluding hydrogens is 348 g/mol. The molecule has 0 amide bonds. The van der Waals surface area contributed by atoms with Crippen molar-refractivity contribution in [2.24, 2.45) is 5.92 Å². The van der Waals surface area contributed by atoms with Gasteiger partial charge in [0.2, 0.25) is 0 Å². The van der Waals surface area contributed by atoms with Gasteiger partial charge >= 0.3 is 0 Å². The average molecular weight is 369 g/mol. The topological polar surface area (TPSA) is 60.0 Å². The Bertz CT molecular complexity index is 1080. The minimum Gasteiger partial charge on any atom is -0.369 e. The Kier molecular flexibility index (Phi) is 4.28. The van der Waals surface area contributed by atoms with Crippen LogP contribution < -0.4 is 5.32 Å². The van der Waals surface area contributed by atoms with Crippen LogP contribution in [0.4, 0.5) is 5.82 Å². The van der Waals surface area contributed by atoms with E-state index in [1.54, 1.807) is 0 Å². The molecule has 3 heterocycles. The second kappa shape index (κ2) is 6.61. The molecule has 0 aliphatic heterocycles. The van der Waals surface area contributed by atoms with Gasteiger partial charge in [0.15, 0.2) is 5.65 Å². The Morgan fingerprint density at radius 1 is 1.23 bits per heavy atom. The Morgan fingerprint density at radius 2 is 2.04 bits per heavy atom. The molecule has 4 rings (SSSR count). The van der Waals surface area contributed by atoms with Crippen molar-refractivity contribution in [1.29, 1.82) is 0 Å². The van der Waals surface area contributed by atoms with Crippen molar-refractivity contribution < 1.29 is 0 Å². The number of hydrogen-bond acceptors (Lipinski definition) is 4. The van der Waals surface area contributed by atoms with Gasteiger partial charge in [0.05, 0.1) is 11.2 Å². The second-order valence-corrected chi connectivity index (χ2v) is 7.10. The maximum absolute atomic E-state index is 6.41. The third kappa shape index (κ3) is 2.90. The van der Waals surface area contributed by atoms with Crippen molar-refractivity contribution >= 4 is 34.0 Å². The number of aromatic nitrogens is 5. The summed E-state index contributed by atoms with van der Waals surface area (Å²) in [5.74, 6) is 2.29. The second-order valence-electron chi connectivity index (χ2n) is 6.73. The first kappa shape index (κ1) is 16.8. The number of imidazole rings is 1. The van der Waals surface area contributed by atoms with Crippen LogP contribution in [-0.4, -0.2) is 30.7 Å². The van der Waals surface area contributed by atoms with E-state index in [2.05, 4.69) is 33.0 Å². The van der Waals surface area contributed by atoms with Gasteiger partial charge in [-0.2, -0.15) is 5.10 Å². The van der Waals surface area contributed by atoms with E-state index in [1.807, 2.05) is 49.0 Å². The Labute approximate surface area is 156 Å². The number of aryl methyl sites for hydroxylation is 2. The molecule has 0 fully saturated rings. The summed E-state index contributed by atoms with van der Waals surface area (Å²) in [5, 5.41) is 9.65. The number of halogens is 1. The highest BCUT2D eigenvalue weighted by atomic mass is 35.5. The molecule has 1 N–H and O–H groups in total. The first-order valence-electron chi connectivity index (χ1n) is 8.69. The lowest BCUT2D eigenvalue weighted by Crippen LogP contribution is -2.18. The highest BCUT2D eigenvalue weighted by Crippen LogP contribution is 2.28. The van der Waals surface area contributed by atoms with Crippen LogP contribution in [0.15, 0.2) is 36.7 Å². The van der Waals surface area contributed by atoms with Crippen molar-refractivity contribution in [2.45, 2.75) is 27.3 Å². The van der Waals surface area contributed by atoms with Crippen LogP contribution >= 0.6 is 11.6 Å². The summed E-state index contributed by atoms with van der Waals surface area (Å²) in [7, 11) is 0. The molecule has 134 valence electrons. The molecule has 0 bridgehead atoms. The van der Waals surface area contributed by atoms with Gasteiger partial charge in [-0.3, -0.25) is 0 Å². The van der Waals surface area contributed by atoms with Gasteiger partial charge in [-0.05, 0) is 31.9 Å². The molecule has 6 nitrogen and oxygen atoms in total. The van der Waals surface area contributed by atoms with Crippen LogP contribution in [0.25, 0.3) is 16.6 Å². The molecule has 1 aromatic carbocycles. The van der Waals surface area contributed by atoms with E-state index in [0.29, 0.717) is 16.6 Å². The van der Waals surface area contributed by atoms with Gasteiger partial charge in [0.25, 0.3) is 0 Å². The molecule has 0 unspecified atom stereocenters. The lowest BCUT2D eigenvalue weighted by molar-refractivity contribution is 0.495. The van der Waals surface area contributed by atoms with Crippen molar-refractivity contribution in [3.63, 3.8) is 0 Å². The Hall–Kier alpha value is -2.60. The van der Waals surface area contributed by atoms with E-state index in [0.717, 1.165) is 41.3 Å². The summed E-state index contributed by atoms with van der Waals surface area (Å²) in [6, 6.07) is 8.11. The fourth-order valence-electron chi connectivity index (χ4n) is 3.19. The molecule has 4 aromatic rings. The number of benzene rings is 1. The lowest BCUT2D eigenvalue weighted by atomic mass is 10.1. The van der Waals surface area contributed by atoms with E-state index in [-0.39, 0.29) is 0 Å². The number of nitrogens with zero attached hydrogens (tertiary/aromatic N) is 5. The van der Waals surface area contributed by atoms with E-state index in [9.17, 15) is 0 Å². The van der Waals surface area contributed by atoms with Crippen LogP contribution in [0, 0.1) is 19.8 Å². The van der Waals surface area contributed by atoms with E-state index in [4.69, 9.17) is 16.6 Å². The summed E-state index contributed by atoms with van der Waals surface area (Å²) in [6.45, 7) is 7.84. The zero-order chi connectivity index (χ0) is 18.3. The number of nitrogens with one attached hydrogen (secondary N) is 1. The third-order valence-corrected chi connectivity index (χ3v) is 5.06. The summed E-state index contributed by atoms with van der Waals surface area (Å²) in [6.07, 6.45) is 3.85. The molecule has 0 aliphatic rings. The normalized spacial score (nSPS) is 12.8. The number of anilines is 1. The number of hydrogen-bond donors (Lipinski definition) is 1. The van der Waals surface area contributed by atoms with E-state index in [1.165, 1.54) is 0 Å². The minimum atomic E-state index is 0.418. The van der Waals surface area contributed by atoms with Crippen LogP contribution in [0.2, 0.25) is 5.02 Å². The van der Waals surface area contributed by atoms with Crippen molar-refractivity contribution in [2.75, 3.05) is 11.9 Å². The number of para-hydroxylation sites is 1. The minimum absolute atomic E-state index is 0.418. The number of fused-ring (bicyclic) bond motifs is 3. The van der Waals surface area contributed by atoms with Gasteiger partial charge in [0, 0.05) is 30.9 Å². The molecule has 26 heavy (non-hydrogen) atoms. The molecule has 7 heteroatoms. The standard InChI is InChI=1S/C19H21ClN6/c1-12(11-25-9-8-21-14(25)3)10-22-18-15-6-4-5-7-16(15)26-19(23-18)17(20)13(2)24-26/h4-9,12H,10-11H2,1-3H3,(H,22,23)/t12-/m1/s1. The van der Waals surface area contributed by atoms with Crippen LogP contribution in [0.1, 0.15) is 18.4 Å². The first-order chi connectivity index (χ1) is 12.5. The van der Waals surface area contributed by atoms with Gasteiger partial charge in [-0.25, -0.2) is 14.5 Å². The largest absolute Gasteiger partial charge is 0.369 e. The average Bonchev–Trinajstić information content (AvgIpc) is 3.17. The summed E-state index contributed by atoms with van der Waals surface area (Å²) < 4.78 is 3.98. The van der Waals surface area contributed by atoms with E-state index < -0.39 is 0 Å². The third-order valence-electron chi connectivity index (χ3n) is 4.62. The summed E-state index contributed by atoms with van der Waals surface area (Å²) in [4.78, 5) is 9.03.